The fourth-order valence-corrected chi connectivity index (χ4v) is 2.60. The highest BCUT2D eigenvalue weighted by molar-refractivity contribution is 5.99. The SMILES string of the molecule is CC(C)(C)NC(=O)c1ccccc1NCc1nnc2n1CCOC2. The van der Waals surface area contributed by atoms with Gasteiger partial charge >= 0.3 is 0 Å². The van der Waals surface area contributed by atoms with Gasteiger partial charge in [-0.05, 0) is 32.9 Å². The lowest BCUT2D eigenvalue weighted by Gasteiger charge is -2.22. The van der Waals surface area contributed by atoms with E-state index < -0.39 is 0 Å². The summed E-state index contributed by atoms with van der Waals surface area (Å²) in [5, 5.41) is 14.7. The number of hydrogen-bond donors (Lipinski definition) is 2. The molecule has 7 nitrogen and oxygen atoms in total. The molecule has 2 aromatic rings. The van der Waals surface area contributed by atoms with Crippen LogP contribution in [0.5, 0.6) is 0 Å². The summed E-state index contributed by atoms with van der Waals surface area (Å²) in [4.78, 5) is 12.5. The molecule has 0 bridgehead atoms. The summed E-state index contributed by atoms with van der Waals surface area (Å²) in [6.07, 6.45) is 0. The van der Waals surface area contributed by atoms with E-state index in [9.17, 15) is 4.79 Å². The van der Waals surface area contributed by atoms with Crippen LogP contribution in [-0.2, 0) is 24.4 Å². The van der Waals surface area contributed by atoms with Crippen LogP contribution in [0.2, 0.25) is 0 Å². The third kappa shape index (κ3) is 3.73. The van der Waals surface area contributed by atoms with Crippen LogP contribution in [0.1, 0.15) is 42.8 Å². The molecular formula is C17H23N5O2. The highest BCUT2D eigenvalue weighted by Crippen LogP contribution is 2.18. The highest BCUT2D eigenvalue weighted by atomic mass is 16.5. The average Bonchev–Trinajstić information content (AvgIpc) is 2.95. The molecular weight excluding hydrogens is 306 g/mol. The first kappa shape index (κ1) is 16.4. The monoisotopic (exact) mass is 329 g/mol. The second-order valence-electron chi connectivity index (χ2n) is 6.84. The lowest BCUT2D eigenvalue weighted by atomic mass is 10.1. The Kier molecular flexibility index (Phi) is 4.53. The number of carbonyl (C=O) groups is 1. The first-order valence-corrected chi connectivity index (χ1v) is 8.08. The number of amides is 1. The number of nitrogens with one attached hydrogen (secondary N) is 2. The maximum atomic E-state index is 12.5. The molecule has 0 aliphatic carbocycles. The number of para-hydroxylation sites is 1. The maximum absolute atomic E-state index is 12.5. The standard InChI is InChI=1S/C17H23N5O2/c1-17(2,3)19-16(23)12-6-4-5-7-13(12)18-10-14-20-21-15-11-24-9-8-22(14)15/h4-7,18H,8-11H2,1-3H3,(H,19,23). The third-order valence-corrected chi connectivity index (χ3v) is 3.69. The lowest BCUT2D eigenvalue weighted by Crippen LogP contribution is -2.40. The lowest BCUT2D eigenvalue weighted by molar-refractivity contribution is 0.0807. The van der Waals surface area contributed by atoms with Crippen molar-refractivity contribution in [2.45, 2.75) is 46.0 Å². The van der Waals surface area contributed by atoms with Crippen molar-refractivity contribution < 1.29 is 9.53 Å². The van der Waals surface area contributed by atoms with Gasteiger partial charge in [0.15, 0.2) is 11.6 Å². The summed E-state index contributed by atoms with van der Waals surface area (Å²) in [5.74, 6) is 1.60. The van der Waals surface area contributed by atoms with Gasteiger partial charge in [-0.25, -0.2) is 0 Å². The number of benzene rings is 1. The Hall–Kier alpha value is -2.41. The minimum atomic E-state index is -0.281. The predicted molar refractivity (Wildman–Crippen MR) is 90.7 cm³/mol. The molecule has 1 aliphatic rings. The van der Waals surface area contributed by atoms with Gasteiger partial charge in [-0.3, -0.25) is 4.79 Å². The van der Waals surface area contributed by atoms with E-state index in [0.717, 1.165) is 23.9 Å². The van der Waals surface area contributed by atoms with E-state index in [0.29, 0.717) is 25.3 Å². The van der Waals surface area contributed by atoms with Crippen LogP contribution >= 0.6 is 0 Å². The molecule has 2 heterocycles. The minimum absolute atomic E-state index is 0.0951. The van der Waals surface area contributed by atoms with E-state index >= 15 is 0 Å². The van der Waals surface area contributed by atoms with E-state index in [4.69, 9.17) is 4.74 Å². The zero-order chi connectivity index (χ0) is 17.2. The van der Waals surface area contributed by atoms with Crippen LogP contribution in [0.15, 0.2) is 24.3 Å². The van der Waals surface area contributed by atoms with Gasteiger partial charge in [0.1, 0.15) is 6.61 Å². The van der Waals surface area contributed by atoms with Crippen molar-refractivity contribution >= 4 is 11.6 Å². The van der Waals surface area contributed by atoms with Crippen molar-refractivity contribution in [1.29, 1.82) is 0 Å². The quantitative estimate of drug-likeness (QED) is 0.896. The van der Waals surface area contributed by atoms with Gasteiger partial charge in [0.2, 0.25) is 0 Å². The van der Waals surface area contributed by atoms with Gasteiger partial charge in [-0.15, -0.1) is 10.2 Å². The Labute approximate surface area is 141 Å². The Bertz CT molecular complexity index is 733. The predicted octanol–water partition coefficient (Wildman–Crippen LogP) is 1.95. The first-order valence-electron chi connectivity index (χ1n) is 8.08. The van der Waals surface area contributed by atoms with Gasteiger partial charge in [0, 0.05) is 17.8 Å². The Balaban J connectivity index is 1.74. The second kappa shape index (κ2) is 6.60. The van der Waals surface area contributed by atoms with Gasteiger partial charge < -0.3 is 19.9 Å². The molecule has 0 radical (unpaired) electrons. The van der Waals surface area contributed by atoms with Crippen LogP contribution in [-0.4, -0.2) is 32.8 Å². The van der Waals surface area contributed by atoms with Crippen molar-refractivity contribution in [1.82, 2.24) is 20.1 Å². The van der Waals surface area contributed by atoms with Crippen molar-refractivity contribution in [2.75, 3.05) is 11.9 Å². The highest BCUT2D eigenvalue weighted by Gasteiger charge is 2.19. The number of fused-ring (bicyclic) bond motifs is 1. The molecule has 128 valence electrons. The molecule has 1 aromatic carbocycles. The summed E-state index contributed by atoms with van der Waals surface area (Å²) >= 11 is 0. The number of nitrogens with zero attached hydrogens (tertiary/aromatic N) is 3. The molecule has 0 spiro atoms. The molecule has 24 heavy (non-hydrogen) atoms. The summed E-state index contributed by atoms with van der Waals surface area (Å²) in [6.45, 7) is 8.32. The van der Waals surface area contributed by atoms with Crippen LogP contribution in [0.25, 0.3) is 0 Å². The third-order valence-electron chi connectivity index (χ3n) is 3.69. The van der Waals surface area contributed by atoms with Crippen molar-refractivity contribution in [2.24, 2.45) is 0 Å². The average molecular weight is 329 g/mol. The Morgan fingerprint density at radius 3 is 2.88 bits per heavy atom. The number of ether oxygens (including phenoxy) is 1. The van der Waals surface area contributed by atoms with Gasteiger partial charge in [-0.1, -0.05) is 12.1 Å². The Morgan fingerprint density at radius 2 is 2.08 bits per heavy atom. The zero-order valence-electron chi connectivity index (χ0n) is 14.3. The summed E-state index contributed by atoms with van der Waals surface area (Å²) in [7, 11) is 0. The largest absolute Gasteiger partial charge is 0.377 e. The molecule has 1 aliphatic heterocycles. The van der Waals surface area contributed by atoms with E-state index in [2.05, 4.69) is 25.4 Å². The molecule has 0 saturated heterocycles. The normalized spacial score (nSPS) is 14.1. The topological polar surface area (TPSA) is 81.1 Å². The number of anilines is 1. The van der Waals surface area contributed by atoms with Crippen LogP contribution < -0.4 is 10.6 Å². The minimum Gasteiger partial charge on any atom is -0.377 e. The summed E-state index contributed by atoms with van der Waals surface area (Å²) in [5.41, 5.74) is 1.12. The van der Waals surface area contributed by atoms with Crippen molar-refractivity contribution in [3.8, 4) is 0 Å². The zero-order valence-corrected chi connectivity index (χ0v) is 14.3. The van der Waals surface area contributed by atoms with E-state index in [1.165, 1.54) is 0 Å². The number of aromatic nitrogens is 3. The van der Waals surface area contributed by atoms with Gasteiger partial charge in [-0.2, -0.15) is 0 Å². The van der Waals surface area contributed by atoms with Crippen molar-refractivity contribution in [3.05, 3.63) is 41.5 Å². The van der Waals surface area contributed by atoms with E-state index in [1.807, 2.05) is 45.0 Å². The summed E-state index contributed by atoms with van der Waals surface area (Å²) < 4.78 is 7.44. The number of carbonyl (C=O) groups excluding carboxylic acids is 1. The molecule has 0 unspecified atom stereocenters. The first-order chi connectivity index (χ1) is 11.4. The van der Waals surface area contributed by atoms with Gasteiger partial charge in [0.25, 0.3) is 5.91 Å². The molecule has 3 rings (SSSR count). The summed E-state index contributed by atoms with van der Waals surface area (Å²) in [6, 6.07) is 7.48. The fourth-order valence-electron chi connectivity index (χ4n) is 2.60. The van der Waals surface area contributed by atoms with Gasteiger partial charge in [0.05, 0.1) is 18.7 Å². The fraction of sp³-hybridized carbons (Fsp3) is 0.471. The van der Waals surface area contributed by atoms with Crippen molar-refractivity contribution in [3.63, 3.8) is 0 Å². The van der Waals surface area contributed by atoms with Crippen LogP contribution in [0.4, 0.5) is 5.69 Å². The number of rotatable bonds is 4. The van der Waals surface area contributed by atoms with E-state index in [1.54, 1.807) is 0 Å². The van der Waals surface area contributed by atoms with E-state index in [-0.39, 0.29) is 11.4 Å². The number of hydrogen-bond acceptors (Lipinski definition) is 5. The second-order valence-corrected chi connectivity index (χ2v) is 6.84. The molecule has 0 atom stereocenters. The molecule has 1 amide bonds. The molecule has 1 aromatic heterocycles. The van der Waals surface area contributed by atoms with Crippen LogP contribution in [0.3, 0.4) is 0 Å². The van der Waals surface area contributed by atoms with Crippen LogP contribution in [0, 0.1) is 0 Å². The maximum Gasteiger partial charge on any atom is 0.253 e. The molecule has 2 N–H and O–H groups in total. The molecule has 0 fully saturated rings. The smallest absolute Gasteiger partial charge is 0.253 e. The molecule has 0 saturated carbocycles. The Morgan fingerprint density at radius 1 is 1.29 bits per heavy atom. The molecule has 7 heteroatoms.